The topological polar surface area (TPSA) is 21.3 Å². The first kappa shape index (κ1) is 16.2. The van der Waals surface area contributed by atoms with E-state index in [-0.39, 0.29) is 0 Å². The zero-order chi connectivity index (χ0) is 15.2. The lowest BCUT2D eigenvalue weighted by atomic mass is 10.2. The van der Waals surface area contributed by atoms with E-state index in [1.54, 1.807) is 0 Å². The van der Waals surface area contributed by atoms with Gasteiger partial charge < -0.3 is 10.1 Å². The van der Waals surface area contributed by atoms with Crippen molar-refractivity contribution in [2.45, 2.75) is 26.8 Å². The van der Waals surface area contributed by atoms with E-state index in [1.807, 2.05) is 18.2 Å². The summed E-state index contributed by atoms with van der Waals surface area (Å²) in [6, 6.07) is 12.2. The van der Waals surface area contributed by atoms with Gasteiger partial charge in [0.15, 0.2) is 0 Å². The Morgan fingerprint density at radius 2 is 2.00 bits per heavy atom. The van der Waals surface area contributed by atoms with Crippen molar-refractivity contribution < 1.29 is 4.74 Å². The molecule has 0 heterocycles. The number of rotatable bonds is 6. The molecule has 112 valence electrons. The smallest absolute Gasteiger partial charge is 0.142 e. The second kappa shape index (κ2) is 7.71. The highest BCUT2D eigenvalue weighted by atomic mass is 79.9. The van der Waals surface area contributed by atoms with E-state index in [0.29, 0.717) is 6.54 Å². The van der Waals surface area contributed by atoms with Gasteiger partial charge in [-0.05, 0) is 64.7 Å². The molecular weight excluding hydrogens is 350 g/mol. The maximum absolute atomic E-state index is 6.12. The first-order valence-corrected chi connectivity index (χ1v) is 8.18. The molecule has 4 heteroatoms. The Bertz CT molecular complexity index is 616. The molecule has 0 aromatic heterocycles. The van der Waals surface area contributed by atoms with E-state index < -0.39 is 0 Å². The average Bonchev–Trinajstić information content (AvgIpc) is 2.47. The van der Waals surface area contributed by atoms with Crippen LogP contribution in [0.2, 0.25) is 5.02 Å². The molecule has 0 atom stereocenters. The van der Waals surface area contributed by atoms with Crippen molar-refractivity contribution in [1.29, 1.82) is 0 Å². The summed E-state index contributed by atoms with van der Waals surface area (Å²) >= 11 is 9.52. The van der Waals surface area contributed by atoms with Gasteiger partial charge in [0, 0.05) is 11.0 Å². The molecule has 0 amide bonds. The summed E-state index contributed by atoms with van der Waals surface area (Å²) in [6.45, 7) is 5.60. The Labute approximate surface area is 139 Å². The summed E-state index contributed by atoms with van der Waals surface area (Å²) in [4.78, 5) is 0. The number of benzene rings is 2. The molecule has 0 aliphatic carbocycles. The molecule has 0 saturated carbocycles. The number of nitrogens with one attached hydrogen (secondary N) is 1. The summed E-state index contributed by atoms with van der Waals surface area (Å²) in [7, 11) is 0. The average molecular weight is 369 g/mol. The minimum absolute atomic E-state index is 0.707. The number of ether oxygens (including phenoxy) is 1. The second-order valence-corrected chi connectivity index (χ2v) is 6.21. The highest BCUT2D eigenvalue weighted by Gasteiger charge is 2.05. The third kappa shape index (κ3) is 4.65. The second-order valence-electron chi connectivity index (χ2n) is 4.95. The summed E-state index contributed by atoms with van der Waals surface area (Å²) < 4.78 is 6.71. The van der Waals surface area contributed by atoms with E-state index in [2.05, 4.69) is 53.3 Å². The molecule has 2 aromatic carbocycles. The quantitative estimate of drug-likeness (QED) is 0.694. The first-order chi connectivity index (χ1) is 10.1. The summed E-state index contributed by atoms with van der Waals surface area (Å²) in [5, 5.41) is 4.14. The van der Waals surface area contributed by atoms with Crippen LogP contribution in [0.15, 0.2) is 40.9 Å². The zero-order valence-corrected chi connectivity index (χ0v) is 14.6. The van der Waals surface area contributed by atoms with Crippen LogP contribution in [0.5, 0.6) is 5.75 Å². The fourth-order valence-corrected chi connectivity index (χ4v) is 2.40. The normalized spacial score (nSPS) is 10.5. The van der Waals surface area contributed by atoms with Crippen molar-refractivity contribution in [3.05, 3.63) is 57.0 Å². The van der Waals surface area contributed by atoms with Crippen LogP contribution in [0.3, 0.4) is 0 Å². The van der Waals surface area contributed by atoms with Crippen LogP contribution in [0, 0.1) is 6.92 Å². The van der Waals surface area contributed by atoms with Crippen molar-refractivity contribution in [3.8, 4) is 5.75 Å². The third-order valence-electron chi connectivity index (χ3n) is 3.07. The Kier molecular flexibility index (Phi) is 5.95. The summed E-state index contributed by atoms with van der Waals surface area (Å²) in [5.74, 6) is 0.903. The summed E-state index contributed by atoms with van der Waals surface area (Å²) in [6.07, 6.45) is 0.996. The minimum atomic E-state index is 0.707. The van der Waals surface area contributed by atoms with Crippen LogP contribution < -0.4 is 10.1 Å². The molecule has 0 bridgehead atoms. The Morgan fingerprint density at radius 3 is 2.71 bits per heavy atom. The fraction of sp³-hybridized carbons (Fsp3) is 0.294. The Hall–Kier alpha value is -1.19. The van der Waals surface area contributed by atoms with Gasteiger partial charge in [0.25, 0.3) is 0 Å². The predicted octanol–water partition coefficient (Wildman–Crippen LogP) is 5.81. The molecule has 1 N–H and O–H groups in total. The molecule has 0 unspecified atom stereocenters. The zero-order valence-electron chi connectivity index (χ0n) is 12.2. The molecule has 21 heavy (non-hydrogen) atoms. The standard InChI is InChI=1S/C17H19BrClNO/c1-3-8-21-17-9-12(2)4-7-16(17)20-11-13-5-6-14(18)15(19)10-13/h4-7,9-10,20H,3,8,11H2,1-2H3. The van der Waals surface area contributed by atoms with Crippen LogP contribution in [0.1, 0.15) is 24.5 Å². The molecule has 0 saturated heterocycles. The predicted molar refractivity (Wildman–Crippen MR) is 93.4 cm³/mol. The van der Waals surface area contributed by atoms with Gasteiger partial charge in [-0.3, -0.25) is 0 Å². The van der Waals surface area contributed by atoms with Crippen LogP contribution >= 0.6 is 27.5 Å². The molecule has 2 rings (SSSR count). The maximum atomic E-state index is 6.12. The van der Waals surface area contributed by atoms with Crippen molar-refractivity contribution in [2.75, 3.05) is 11.9 Å². The van der Waals surface area contributed by atoms with Gasteiger partial charge in [-0.15, -0.1) is 0 Å². The molecule has 0 aliphatic heterocycles. The Balaban J connectivity index is 2.09. The monoisotopic (exact) mass is 367 g/mol. The minimum Gasteiger partial charge on any atom is -0.491 e. The Morgan fingerprint density at radius 1 is 1.19 bits per heavy atom. The maximum Gasteiger partial charge on any atom is 0.142 e. The van der Waals surface area contributed by atoms with Gasteiger partial charge in [0.2, 0.25) is 0 Å². The van der Waals surface area contributed by atoms with Crippen LogP contribution in [-0.4, -0.2) is 6.61 Å². The number of aryl methyl sites for hydroxylation is 1. The van der Waals surface area contributed by atoms with Gasteiger partial charge in [0.1, 0.15) is 5.75 Å². The van der Waals surface area contributed by atoms with Crippen molar-refractivity contribution in [2.24, 2.45) is 0 Å². The summed E-state index contributed by atoms with van der Waals surface area (Å²) in [5.41, 5.74) is 3.33. The lowest BCUT2D eigenvalue weighted by Crippen LogP contribution is -2.04. The van der Waals surface area contributed by atoms with E-state index in [4.69, 9.17) is 16.3 Å². The van der Waals surface area contributed by atoms with Crippen LogP contribution in [0.4, 0.5) is 5.69 Å². The molecule has 0 radical (unpaired) electrons. The number of anilines is 1. The fourth-order valence-electron chi connectivity index (χ4n) is 1.95. The SMILES string of the molecule is CCCOc1cc(C)ccc1NCc1ccc(Br)c(Cl)c1. The van der Waals surface area contributed by atoms with Crippen LogP contribution in [0.25, 0.3) is 0 Å². The van der Waals surface area contributed by atoms with E-state index in [9.17, 15) is 0 Å². The molecule has 0 aliphatic rings. The van der Waals surface area contributed by atoms with Crippen molar-refractivity contribution >= 4 is 33.2 Å². The highest BCUT2D eigenvalue weighted by molar-refractivity contribution is 9.10. The first-order valence-electron chi connectivity index (χ1n) is 7.01. The van der Waals surface area contributed by atoms with Crippen LogP contribution in [-0.2, 0) is 6.54 Å². The van der Waals surface area contributed by atoms with Gasteiger partial charge in [-0.2, -0.15) is 0 Å². The highest BCUT2D eigenvalue weighted by Crippen LogP contribution is 2.28. The molecular formula is C17H19BrClNO. The number of hydrogen-bond donors (Lipinski definition) is 1. The van der Waals surface area contributed by atoms with Gasteiger partial charge >= 0.3 is 0 Å². The molecule has 0 fully saturated rings. The van der Waals surface area contributed by atoms with Crippen molar-refractivity contribution in [1.82, 2.24) is 0 Å². The lowest BCUT2D eigenvalue weighted by Gasteiger charge is -2.14. The van der Waals surface area contributed by atoms with E-state index in [0.717, 1.165) is 39.5 Å². The van der Waals surface area contributed by atoms with Gasteiger partial charge in [-0.1, -0.05) is 30.7 Å². The van der Waals surface area contributed by atoms with E-state index in [1.165, 1.54) is 5.56 Å². The lowest BCUT2D eigenvalue weighted by molar-refractivity contribution is 0.318. The van der Waals surface area contributed by atoms with Gasteiger partial charge in [-0.25, -0.2) is 0 Å². The number of halogens is 2. The largest absolute Gasteiger partial charge is 0.491 e. The number of hydrogen-bond acceptors (Lipinski definition) is 2. The van der Waals surface area contributed by atoms with Crippen molar-refractivity contribution in [3.63, 3.8) is 0 Å². The van der Waals surface area contributed by atoms with Gasteiger partial charge in [0.05, 0.1) is 17.3 Å². The third-order valence-corrected chi connectivity index (χ3v) is 4.30. The molecule has 2 nitrogen and oxygen atoms in total. The molecule has 0 spiro atoms. The molecule has 2 aromatic rings. The van der Waals surface area contributed by atoms with E-state index >= 15 is 0 Å².